The van der Waals surface area contributed by atoms with Gasteiger partial charge >= 0.3 is 6.03 Å². The van der Waals surface area contributed by atoms with Gasteiger partial charge in [-0.05, 0) is 18.1 Å². The Bertz CT molecular complexity index is 557. The fourth-order valence-corrected chi connectivity index (χ4v) is 2.51. The number of carbonyl (C=O) groups is 2. The second kappa shape index (κ2) is 8.49. The summed E-state index contributed by atoms with van der Waals surface area (Å²) in [5.74, 6) is 0.521. The van der Waals surface area contributed by atoms with Gasteiger partial charge < -0.3 is 26.0 Å². The van der Waals surface area contributed by atoms with Gasteiger partial charge in [0.2, 0.25) is 5.91 Å². The molecule has 4 N–H and O–H groups in total. The van der Waals surface area contributed by atoms with E-state index in [1.807, 2.05) is 19.9 Å². The van der Waals surface area contributed by atoms with Crippen LogP contribution < -0.4 is 21.3 Å². The molecular weight excluding hydrogens is 310 g/mol. The molecule has 8 nitrogen and oxygen atoms in total. The van der Waals surface area contributed by atoms with Crippen LogP contribution in [0.1, 0.15) is 20.3 Å². The normalized spacial score (nSPS) is 17.0. The minimum atomic E-state index is -0.712. The first-order chi connectivity index (χ1) is 11.5. The highest BCUT2D eigenvalue weighted by molar-refractivity contribution is 5.97. The van der Waals surface area contributed by atoms with Gasteiger partial charge in [0.05, 0.1) is 25.1 Å². The van der Waals surface area contributed by atoms with Crippen LogP contribution in [0.4, 0.5) is 16.3 Å². The molecule has 2 heterocycles. The molecule has 0 saturated carbocycles. The lowest BCUT2D eigenvalue weighted by Gasteiger charge is -2.28. The third-order valence-corrected chi connectivity index (χ3v) is 4.14. The third kappa shape index (κ3) is 4.82. The lowest BCUT2D eigenvalue weighted by Crippen LogP contribution is -2.49. The van der Waals surface area contributed by atoms with E-state index in [1.165, 1.54) is 0 Å². The van der Waals surface area contributed by atoms with E-state index in [-0.39, 0.29) is 11.8 Å². The molecule has 0 unspecified atom stereocenters. The van der Waals surface area contributed by atoms with Crippen LogP contribution in [0.3, 0.4) is 0 Å². The number of nitrogens with two attached hydrogens (primary N) is 1. The van der Waals surface area contributed by atoms with Gasteiger partial charge in [-0.1, -0.05) is 20.3 Å². The molecule has 3 amide bonds. The van der Waals surface area contributed by atoms with Crippen LogP contribution in [-0.4, -0.2) is 49.3 Å². The van der Waals surface area contributed by atoms with Crippen LogP contribution in [0.15, 0.2) is 18.3 Å². The molecule has 0 spiro atoms. The summed E-state index contributed by atoms with van der Waals surface area (Å²) in [5.41, 5.74) is 5.74. The molecule has 0 radical (unpaired) electrons. The Hall–Kier alpha value is -2.35. The van der Waals surface area contributed by atoms with E-state index in [2.05, 4.69) is 20.5 Å². The number of amides is 3. The van der Waals surface area contributed by atoms with E-state index < -0.39 is 12.1 Å². The maximum absolute atomic E-state index is 12.4. The Morgan fingerprint density at radius 2 is 2.08 bits per heavy atom. The Labute approximate surface area is 141 Å². The van der Waals surface area contributed by atoms with Crippen molar-refractivity contribution < 1.29 is 14.3 Å². The number of aromatic nitrogens is 1. The topological polar surface area (TPSA) is 110 Å². The lowest BCUT2D eigenvalue weighted by molar-refractivity contribution is -0.119. The van der Waals surface area contributed by atoms with Gasteiger partial charge in [-0.15, -0.1) is 0 Å². The number of ether oxygens (including phenoxy) is 1. The Kier molecular flexibility index (Phi) is 6.36. The molecule has 24 heavy (non-hydrogen) atoms. The second-order valence-corrected chi connectivity index (χ2v) is 5.87. The molecule has 2 atom stereocenters. The summed E-state index contributed by atoms with van der Waals surface area (Å²) >= 11 is 0. The van der Waals surface area contributed by atoms with Gasteiger partial charge in [0.25, 0.3) is 0 Å². The molecule has 0 bridgehead atoms. The van der Waals surface area contributed by atoms with Crippen molar-refractivity contribution in [1.82, 2.24) is 10.3 Å². The maximum atomic E-state index is 12.4. The number of urea groups is 1. The maximum Gasteiger partial charge on any atom is 0.312 e. The lowest BCUT2D eigenvalue weighted by atomic mass is 9.98. The zero-order valence-corrected chi connectivity index (χ0v) is 14.1. The highest BCUT2D eigenvalue weighted by Gasteiger charge is 2.25. The number of morpholine rings is 1. The van der Waals surface area contributed by atoms with Crippen LogP contribution in [-0.2, 0) is 9.53 Å². The van der Waals surface area contributed by atoms with Gasteiger partial charge in [0, 0.05) is 13.1 Å². The SMILES string of the molecule is CC[C@@H](C)[C@@H](NC(N)=O)C(=O)Nc1ccc(N2CCOCC2)nc1. The van der Waals surface area contributed by atoms with Crippen molar-refractivity contribution in [2.45, 2.75) is 26.3 Å². The van der Waals surface area contributed by atoms with Crippen molar-refractivity contribution in [3.8, 4) is 0 Å². The van der Waals surface area contributed by atoms with Crippen molar-refractivity contribution in [3.05, 3.63) is 18.3 Å². The molecule has 1 aromatic rings. The summed E-state index contributed by atoms with van der Waals surface area (Å²) in [5, 5.41) is 5.28. The Balaban J connectivity index is 2.00. The summed E-state index contributed by atoms with van der Waals surface area (Å²) in [7, 11) is 0. The van der Waals surface area contributed by atoms with Crippen molar-refractivity contribution >= 4 is 23.4 Å². The van der Waals surface area contributed by atoms with E-state index in [9.17, 15) is 9.59 Å². The molecule has 1 aliphatic heterocycles. The third-order valence-electron chi connectivity index (χ3n) is 4.14. The molecular formula is C16H25N5O3. The largest absolute Gasteiger partial charge is 0.378 e. The number of primary amides is 1. The number of hydrogen-bond acceptors (Lipinski definition) is 5. The smallest absolute Gasteiger partial charge is 0.312 e. The van der Waals surface area contributed by atoms with Crippen LogP contribution >= 0.6 is 0 Å². The van der Waals surface area contributed by atoms with E-state index in [0.717, 1.165) is 25.3 Å². The minimum Gasteiger partial charge on any atom is -0.378 e. The van der Waals surface area contributed by atoms with E-state index in [1.54, 1.807) is 12.3 Å². The van der Waals surface area contributed by atoms with E-state index in [0.29, 0.717) is 18.9 Å². The summed E-state index contributed by atoms with van der Waals surface area (Å²) in [6.45, 7) is 6.83. The molecule has 0 aliphatic carbocycles. The fraction of sp³-hybridized carbons (Fsp3) is 0.562. The number of hydrogen-bond donors (Lipinski definition) is 3. The van der Waals surface area contributed by atoms with Crippen molar-refractivity contribution in [2.24, 2.45) is 11.7 Å². The summed E-state index contributed by atoms with van der Waals surface area (Å²) in [6.07, 6.45) is 2.35. The molecule has 8 heteroatoms. The number of pyridine rings is 1. The first-order valence-corrected chi connectivity index (χ1v) is 8.16. The van der Waals surface area contributed by atoms with E-state index >= 15 is 0 Å². The predicted molar refractivity (Wildman–Crippen MR) is 91.9 cm³/mol. The monoisotopic (exact) mass is 335 g/mol. The van der Waals surface area contributed by atoms with Crippen LogP contribution in [0.2, 0.25) is 0 Å². The first kappa shape index (κ1) is 18.0. The zero-order chi connectivity index (χ0) is 17.5. The number of nitrogens with zero attached hydrogens (tertiary/aromatic N) is 2. The number of rotatable bonds is 6. The highest BCUT2D eigenvalue weighted by Crippen LogP contribution is 2.16. The molecule has 0 aromatic carbocycles. The number of anilines is 2. The molecule has 1 saturated heterocycles. The average molecular weight is 335 g/mol. The van der Waals surface area contributed by atoms with Crippen molar-refractivity contribution in [3.63, 3.8) is 0 Å². The number of nitrogens with one attached hydrogen (secondary N) is 2. The Morgan fingerprint density at radius 1 is 1.38 bits per heavy atom. The van der Waals surface area contributed by atoms with Crippen molar-refractivity contribution in [1.29, 1.82) is 0 Å². The number of carbonyl (C=O) groups excluding carboxylic acids is 2. The van der Waals surface area contributed by atoms with Gasteiger partial charge in [-0.3, -0.25) is 4.79 Å². The minimum absolute atomic E-state index is 0.0296. The highest BCUT2D eigenvalue weighted by atomic mass is 16.5. The van der Waals surface area contributed by atoms with Gasteiger partial charge in [-0.2, -0.15) is 0 Å². The van der Waals surface area contributed by atoms with E-state index in [4.69, 9.17) is 10.5 Å². The molecule has 1 aromatic heterocycles. The van der Waals surface area contributed by atoms with Gasteiger partial charge in [0.15, 0.2) is 0 Å². The predicted octanol–water partition coefficient (Wildman–Crippen LogP) is 0.940. The summed E-state index contributed by atoms with van der Waals surface area (Å²) in [6, 6.07) is 2.27. The summed E-state index contributed by atoms with van der Waals surface area (Å²) in [4.78, 5) is 30.0. The van der Waals surface area contributed by atoms with Crippen molar-refractivity contribution in [2.75, 3.05) is 36.5 Å². The first-order valence-electron chi connectivity index (χ1n) is 8.16. The zero-order valence-electron chi connectivity index (χ0n) is 14.1. The Morgan fingerprint density at radius 3 is 2.62 bits per heavy atom. The molecule has 1 fully saturated rings. The summed E-state index contributed by atoms with van der Waals surface area (Å²) < 4.78 is 5.32. The molecule has 2 rings (SSSR count). The molecule has 132 valence electrons. The second-order valence-electron chi connectivity index (χ2n) is 5.87. The van der Waals surface area contributed by atoms with Gasteiger partial charge in [-0.25, -0.2) is 9.78 Å². The van der Waals surface area contributed by atoms with Crippen LogP contribution in [0.25, 0.3) is 0 Å². The average Bonchev–Trinajstić information content (AvgIpc) is 2.60. The molecule has 1 aliphatic rings. The fourth-order valence-electron chi connectivity index (χ4n) is 2.51. The standard InChI is InChI=1S/C16H25N5O3/c1-3-11(2)14(20-16(17)23)15(22)19-12-4-5-13(18-10-12)21-6-8-24-9-7-21/h4-5,10-11,14H,3,6-9H2,1-2H3,(H,19,22)(H3,17,20,23)/t11-,14-/m1/s1. The van der Waals surface area contributed by atoms with Crippen LogP contribution in [0, 0.1) is 5.92 Å². The quantitative estimate of drug-likeness (QED) is 0.717. The van der Waals surface area contributed by atoms with Crippen LogP contribution in [0.5, 0.6) is 0 Å². The van der Waals surface area contributed by atoms with Gasteiger partial charge in [0.1, 0.15) is 11.9 Å².